The number of anilines is 1. The van der Waals surface area contributed by atoms with Crippen LogP contribution in [0, 0.1) is 0 Å². The Hall–Kier alpha value is -4.37. The van der Waals surface area contributed by atoms with Gasteiger partial charge in [-0.05, 0) is 75.3 Å². The first-order chi connectivity index (χ1) is 24.6. The van der Waals surface area contributed by atoms with Crippen molar-refractivity contribution >= 4 is 27.7 Å². The molecule has 2 fully saturated rings. The molecule has 0 spiro atoms. The fraction of sp³-hybridized carbons (Fsp3) is 0.459. The monoisotopic (exact) mass is 722 g/mol. The number of fused-ring (bicyclic) bond motifs is 1. The van der Waals surface area contributed by atoms with Gasteiger partial charge in [0, 0.05) is 56.5 Å². The van der Waals surface area contributed by atoms with Gasteiger partial charge < -0.3 is 33.5 Å². The van der Waals surface area contributed by atoms with E-state index in [2.05, 4.69) is 16.8 Å². The van der Waals surface area contributed by atoms with E-state index in [0.29, 0.717) is 72.2 Å². The second kappa shape index (κ2) is 15.1. The molecule has 3 aromatic rings. The number of carbonyl (C=O) groups excluding carboxylic acids is 2. The molecule has 0 bridgehead atoms. The van der Waals surface area contributed by atoms with Crippen LogP contribution in [0.3, 0.4) is 0 Å². The molecule has 3 aromatic carbocycles. The molecule has 3 aliphatic heterocycles. The Labute approximate surface area is 299 Å². The van der Waals surface area contributed by atoms with Gasteiger partial charge in [0.15, 0.2) is 0 Å². The fourth-order valence-electron chi connectivity index (χ4n) is 7.33. The average molecular weight is 723 g/mol. The van der Waals surface area contributed by atoms with Crippen molar-refractivity contribution in [3.63, 3.8) is 0 Å². The molecular weight excluding hydrogens is 676 g/mol. The zero-order chi connectivity index (χ0) is 36.3. The highest BCUT2D eigenvalue weighted by atomic mass is 32.2. The van der Waals surface area contributed by atoms with Crippen molar-refractivity contribution in [2.75, 3.05) is 85.7 Å². The third-order valence-electron chi connectivity index (χ3n) is 10.2. The summed E-state index contributed by atoms with van der Waals surface area (Å²) in [4.78, 5) is 35.7. The molecule has 3 aliphatic rings. The van der Waals surface area contributed by atoms with Crippen LogP contribution >= 0.6 is 0 Å². The number of hydrogen-bond donors (Lipinski definition) is 0. The molecule has 0 saturated carbocycles. The van der Waals surface area contributed by atoms with E-state index in [9.17, 15) is 13.2 Å². The van der Waals surface area contributed by atoms with Crippen LogP contribution in [0.2, 0.25) is 0 Å². The van der Waals surface area contributed by atoms with Crippen molar-refractivity contribution in [2.24, 2.45) is 0 Å². The number of rotatable bonds is 11. The van der Waals surface area contributed by atoms with Crippen molar-refractivity contribution in [1.29, 1.82) is 0 Å². The lowest BCUT2D eigenvalue weighted by molar-refractivity contribution is -0.132. The maximum Gasteiger partial charge on any atom is 0.411 e. The number of methoxy groups -OCH3 is 4. The lowest BCUT2D eigenvalue weighted by atomic mass is 9.83. The first-order valence-corrected chi connectivity index (χ1v) is 18.5. The average Bonchev–Trinajstić information content (AvgIpc) is 3.41. The molecule has 51 heavy (non-hydrogen) atoms. The molecular formula is C37H46N4O9S. The molecule has 0 aliphatic carbocycles. The molecule has 0 N–H and O–H groups in total. The summed E-state index contributed by atoms with van der Waals surface area (Å²) >= 11 is 0. The van der Waals surface area contributed by atoms with Crippen LogP contribution < -0.4 is 18.5 Å². The summed E-state index contributed by atoms with van der Waals surface area (Å²) in [6.07, 6.45) is 1.78. The maximum atomic E-state index is 15.3. The molecule has 14 heteroatoms. The van der Waals surface area contributed by atoms with E-state index in [1.54, 1.807) is 36.3 Å². The summed E-state index contributed by atoms with van der Waals surface area (Å²) in [5.74, 6) is -0.263. The van der Waals surface area contributed by atoms with Gasteiger partial charge in [0.25, 0.3) is 15.9 Å². The van der Waals surface area contributed by atoms with Crippen LogP contribution in [0.5, 0.6) is 17.2 Å². The highest BCUT2D eigenvalue weighted by Crippen LogP contribution is 2.52. The smallest absolute Gasteiger partial charge is 0.411 e. The molecule has 1 atom stereocenters. The van der Waals surface area contributed by atoms with E-state index in [-0.39, 0.29) is 21.9 Å². The van der Waals surface area contributed by atoms with Gasteiger partial charge in [-0.15, -0.1) is 0 Å². The van der Waals surface area contributed by atoms with E-state index in [0.717, 1.165) is 25.9 Å². The second-order valence-electron chi connectivity index (χ2n) is 13.0. The van der Waals surface area contributed by atoms with Crippen LogP contribution in [0.15, 0.2) is 65.6 Å². The normalized spacial score (nSPS) is 20.3. The third kappa shape index (κ3) is 6.73. The lowest BCUT2D eigenvalue weighted by Crippen LogP contribution is -2.55. The van der Waals surface area contributed by atoms with Gasteiger partial charge in [-0.2, -0.15) is 4.31 Å². The van der Waals surface area contributed by atoms with Crippen molar-refractivity contribution in [1.82, 2.24) is 14.7 Å². The number of piperidine rings is 1. The molecule has 6 rings (SSSR count). The molecule has 3 heterocycles. The highest BCUT2D eigenvalue weighted by Gasteiger charge is 2.60. The second-order valence-corrected chi connectivity index (χ2v) is 14.7. The Kier molecular flexibility index (Phi) is 10.8. The summed E-state index contributed by atoms with van der Waals surface area (Å²) < 4.78 is 58.3. The van der Waals surface area contributed by atoms with Gasteiger partial charge in [-0.1, -0.05) is 24.3 Å². The quantitative estimate of drug-likeness (QED) is 0.288. The maximum absolute atomic E-state index is 15.3. The lowest BCUT2D eigenvalue weighted by Gasteiger charge is -2.42. The molecule has 274 valence electrons. The minimum atomic E-state index is -4.66. The number of nitrogens with zero attached hydrogens (tertiary/aromatic N) is 4. The third-order valence-corrected chi connectivity index (χ3v) is 11.9. The highest BCUT2D eigenvalue weighted by molar-refractivity contribution is 7.93. The van der Waals surface area contributed by atoms with Crippen molar-refractivity contribution in [3.8, 4) is 17.2 Å². The van der Waals surface area contributed by atoms with E-state index < -0.39 is 27.6 Å². The molecule has 0 radical (unpaired) electrons. The van der Waals surface area contributed by atoms with Gasteiger partial charge in [-0.25, -0.2) is 13.2 Å². The van der Waals surface area contributed by atoms with Crippen molar-refractivity contribution in [3.05, 3.63) is 77.4 Å². The van der Waals surface area contributed by atoms with E-state index in [1.807, 2.05) is 12.1 Å². The summed E-state index contributed by atoms with van der Waals surface area (Å²) in [5, 5.41) is 0. The number of likely N-dealkylation sites (tertiary alicyclic amines) is 1. The summed E-state index contributed by atoms with van der Waals surface area (Å²) in [6, 6.07) is 16.4. The SMILES string of the molecule is COCCc1ccccc1C1(OC(=O)N2CCN(C3CCN(C)CC3)CC2)C(=O)N(S(=O)(=O)c2ccc(OC)cc2OC)c2ccc(OC)cc21. The van der Waals surface area contributed by atoms with Crippen LogP contribution in [0.4, 0.5) is 10.5 Å². The van der Waals surface area contributed by atoms with Crippen LogP contribution in [0.1, 0.15) is 29.5 Å². The topological polar surface area (TPSA) is 127 Å². The minimum absolute atomic E-state index is 0.0188. The number of hydrogen-bond acceptors (Lipinski definition) is 11. The van der Waals surface area contributed by atoms with Crippen molar-refractivity contribution < 1.29 is 41.7 Å². The number of piperazine rings is 1. The standard InChI is InChI=1S/C37H46N4O9S/c1-38-17-14-27(15-18-38)39-19-21-40(22-20-39)36(43)50-37(30-9-7-6-8-26(30)16-23-46-2)31-24-28(47-3)10-12-32(31)41(35(37)42)51(44,45)34-13-11-29(48-4)25-33(34)49-5/h6-13,24-25,27H,14-23H2,1-5H3. The largest absolute Gasteiger partial charge is 0.497 e. The van der Waals surface area contributed by atoms with Gasteiger partial charge in [0.05, 0.1) is 33.6 Å². The minimum Gasteiger partial charge on any atom is -0.497 e. The van der Waals surface area contributed by atoms with Crippen molar-refractivity contribution in [2.45, 2.75) is 35.8 Å². The molecule has 13 nitrogen and oxygen atoms in total. The zero-order valence-corrected chi connectivity index (χ0v) is 30.6. The van der Waals surface area contributed by atoms with E-state index in [4.69, 9.17) is 23.7 Å². The van der Waals surface area contributed by atoms with Gasteiger partial charge in [0.2, 0.25) is 5.60 Å². The van der Waals surface area contributed by atoms with Crippen LogP contribution in [-0.2, 0) is 36.3 Å². The van der Waals surface area contributed by atoms with Gasteiger partial charge in [-0.3, -0.25) is 9.69 Å². The Morgan fingerprint density at radius 3 is 2.16 bits per heavy atom. The molecule has 2 amide bonds. The number of sulfonamides is 1. The number of carbonyl (C=O) groups is 2. The molecule has 2 saturated heterocycles. The number of amides is 2. The molecule has 1 unspecified atom stereocenters. The van der Waals surface area contributed by atoms with Crippen LogP contribution in [-0.4, -0.2) is 123 Å². The Balaban J connectivity index is 1.45. The van der Waals surface area contributed by atoms with Crippen LogP contribution in [0.25, 0.3) is 0 Å². The summed E-state index contributed by atoms with van der Waals surface area (Å²) in [7, 11) is 3.30. The first-order valence-electron chi connectivity index (χ1n) is 17.1. The predicted octanol–water partition coefficient (Wildman–Crippen LogP) is 3.73. The Morgan fingerprint density at radius 1 is 0.824 bits per heavy atom. The first kappa shape index (κ1) is 36.4. The van der Waals surface area contributed by atoms with E-state index >= 15 is 4.79 Å². The number of ether oxygens (including phenoxy) is 5. The van der Waals surface area contributed by atoms with Gasteiger partial charge in [0.1, 0.15) is 22.1 Å². The Bertz CT molecular complexity index is 1860. The zero-order valence-electron chi connectivity index (χ0n) is 29.8. The predicted molar refractivity (Wildman–Crippen MR) is 190 cm³/mol. The fourth-order valence-corrected chi connectivity index (χ4v) is 8.92. The summed E-state index contributed by atoms with van der Waals surface area (Å²) in [6.45, 7) is 4.50. The number of benzene rings is 3. The van der Waals surface area contributed by atoms with Gasteiger partial charge >= 0.3 is 6.09 Å². The Morgan fingerprint density at radius 2 is 1.49 bits per heavy atom. The van der Waals surface area contributed by atoms with E-state index in [1.165, 1.54) is 45.6 Å². The molecule has 0 aromatic heterocycles. The summed E-state index contributed by atoms with van der Waals surface area (Å²) in [5.41, 5.74) is -1.02.